The minimum atomic E-state index is 0.187. The van der Waals surface area contributed by atoms with Crippen LogP contribution in [0.1, 0.15) is 58.4 Å². The van der Waals surface area contributed by atoms with Crippen LogP contribution in [-0.4, -0.2) is 24.9 Å². The Bertz CT molecular complexity index is 415. The van der Waals surface area contributed by atoms with Gasteiger partial charge in [-0.25, -0.2) is 0 Å². The number of benzene rings is 1. The number of aromatic hydroxyl groups is 1. The van der Waals surface area contributed by atoms with Crippen LogP contribution in [0, 0.1) is 5.92 Å². The van der Waals surface area contributed by atoms with Crippen molar-refractivity contribution in [3.05, 3.63) is 23.8 Å². The van der Waals surface area contributed by atoms with Gasteiger partial charge in [0, 0.05) is 6.61 Å². The highest BCUT2D eigenvalue weighted by Crippen LogP contribution is 2.27. The highest BCUT2D eigenvalue weighted by molar-refractivity contribution is 5.41. The summed E-state index contributed by atoms with van der Waals surface area (Å²) < 4.78 is 11.3. The number of phenols is 1. The first-order valence-corrected chi connectivity index (χ1v) is 8.54. The second kappa shape index (κ2) is 10.5. The molecule has 0 aliphatic carbocycles. The van der Waals surface area contributed by atoms with Crippen LogP contribution in [-0.2, 0) is 11.2 Å². The van der Waals surface area contributed by atoms with Crippen LogP contribution in [0.2, 0.25) is 0 Å². The maximum atomic E-state index is 9.68. The highest BCUT2D eigenvalue weighted by atomic mass is 16.5. The molecule has 1 unspecified atom stereocenters. The topological polar surface area (TPSA) is 38.7 Å². The lowest BCUT2D eigenvalue weighted by Gasteiger charge is -2.20. The molecule has 0 aliphatic heterocycles. The Morgan fingerprint density at radius 2 is 1.91 bits per heavy atom. The summed E-state index contributed by atoms with van der Waals surface area (Å²) >= 11 is 0. The Hall–Kier alpha value is -1.22. The molecular formula is C19H32O3. The van der Waals surface area contributed by atoms with Crippen LogP contribution >= 0.6 is 0 Å². The molecule has 0 radical (unpaired) electrons. The van der Waals surface area contributed by atoms with Gasteiger partial charge in [-0.1, -0.05) is 46.1 Å². The number of methoxy groups -OCH3 is 1. The van der Waals surface area contributed by atoms with E-state index < -0.39 is 0 Å². The zero-order valence-corrected chi connectivity index (χ0v) is 14.6. The summed E-state index contributed by atoms with van der Waals surface area (Å²) in [6, 6.07) is 5.55. The van der Waals surface area contributed by atoms with Crippen molar-refractivity contribution in [2.45, 2.75) is 65.4 Å². The van der Waals surface area contributed by atoms with E-state index >= 15 is 0 Å². The third kappa shape index (κ3) is 7.17. The van der Waals surface area contributed by atoms with Crippen molar-refractivity contribution in [2.75, 3.05) is 13.7 Å². The highest BCUT2D eigenvalue weighted by Gasteiger charge is 2.14. The Labute approximate surface area is 135 Å². The quantitative estimate of drug-likeness (QED) is 0.587. The molecule has 3 heteroatoms. The van der Waals surface area contributed by atoms with Crippen molar-refractivity contribution in [3.63, 3.8) is 0 Å². The standard InChI is InChI=1S/C19H32O3/c1-5-6-7-8-11-22-17(12-15(2)3)13-16-9-10-18(20)19(14-16)21-4/h9-10,14-15,17,20H,5-8,11-13H2,1-4H3. The van der Waals surface area contributed by atoms with E-state index in [0.29, 0.717) is 11.7 Å². The summed E-state index contributed by atoms with van der Waals surface area (Å²) in [5.41, 5.74) is 1.15. The molecular weight excluding hydrogens is 276 g/mol. The lowest BCUT2D eigenvalue weighted by molar-refractivity contribution is 0.0371. The van der Waals surface area contributed by atoms with Crippen LogP contribution in [0.4, 0.5) is 0 Å². The second-order valence-electron chi connectivity index (χ2n) is 6.39. The first kappa shape index (κ1) is 18.8. The molecule has 0 aliphatic rings. The van der Waals surface area contributed by atoms with Gasteiger partial charge in [-0.15, -0.1) is 0 Å². The number of phenolic OH excluding ortho intramolecular Hbond substituents is 1. The van der Waals surface area contributed by atoms with E-state index in [1.54, 1.807) is 13.2 Å². The van der Waals surface area contributed by atoms with Gasteiger partial charge in [0.25, 0.3) is 0 Å². The summed E-state index contributed by atoms with van der Waals surface area (Å²) in [5, 5.41) is 9.68. The predicted molar refractivity (Wildman–Crippen MR) is 91.7 cm³/mol. The van der Waals surface area contributed by atoms with Crippen LogP contribution in [0.25, 0.3) is 0 Å². The number of hydrogen-bond donors (Lipinski definition) is 1. The number of unbranched alkanes of at least 4 members (excludes halogenated alkanes) is 3. The molecule has 0 aromatic heterocycles. The van der Waals surface area contributed by atoms with Gasteiger partial charge in [-0.05, 0) is 42.9 Å². The summed E-state index contributed by atoms with van der Waals surface area (Å²) in [7, 11) is 1.58. The lowest BCUT2D eigenvalue weighted by Crippen LogP contribution is -2.19. The van der Waals surface area contributed by atoms with Gasteiger partial charge in [0.1, 0.15) is 0 Å². The molecule has 1 atom stereocenters. The normalized spacial score (nSPS) is 12.6. The maximum Gasteiger partial charge on any atom is 0.160 e. The smallest absolute Gasteiger partial charge is 0.160 e. The predicted octanol–water partition coefficient (Wildman–Crippen LogP) is 4.95. The van der Waals surface area contributed by atoms with E-state index in [9.17, 15) is 5.11 Å². The molecule has 1 aromatic carbocycles. The molecule has 0 amide bonds. The summed E-state index contributed by atoms with van der Waals surface area (Å²) in [4.78, 5) is 0. The van der Waals surface area contributed by atoms with Gasteiger partial charge in [0.15, 0.2) is 11.5 Å². The molecule has 3 nitrogen and oxygen atoms in total. The lowest BCUT2D eigenvalue weighted by atomic mass is 9.99. The van der Waals surface area contributed by atoms with Gasteiger partial charge in [0.2, 0.25) is 0 Å². The van der Waals surface area contributed by atoms with Crippen molar-refractivity contribution >= 4 is 0 Å². The molecule has 0 saturated carbocycles. The average Bonchev–Trinajstić information content (AvgIpc) is 2.48. The minimum absolute atomic E-state index is 0.187. The number of hydrogen-bond acceptors (Lipinski definition) is 3. The Morgan fingerprint density at radius 3 is 2.55 bits per heavy atom. The summed E-state index contributed by atoms with van der Waals surface area (Å²) in [6.07, 6.45) is 7.07. The number of rotatable bonds is 11. The molecule has 1 rings (SSSR count). The molecule has 0 saturated heterocycles. The van der Waals surface area contributed by atoms with Gasteiger partial charge < -0.3 is 14.6 Å². The molecule has 0 heterocycles. The average molecular weight is 308 g/mol. The van der Waals surface area contributed by atoms with Gasteiger partial charge in [0.05, 0.1) is 13.2 Å². The van der Waals surface area contributed by atoms with Crippen LogP contribution in [0.5, 0.6) is 11.5 Å². The molecule has 0 bridgehead atoms. The van der Waals surface area contributed by atoms with Crippen LogP contribution < -0.4 is 4.74 Å². The number of ether oxygens (including phenoxy) is 2. The second-order valence-corrected chi connectivity index (χ2v) is 6.39. The molecule has 0 spiro atoms. The van der Waals surface area contributed by atoms with E-state index in [2.05, 4.69) is 20.8 Å². The van der Waals surface area contributed by atoms with Crippen molar-refractivity contribution in [1.82, 2.24) is 0 Å². The van der Waals surface area contributed by atoms with E-state index in [1.807, 2.05) is 12.1 Å². The van der Waals surface area contributed by atoms with E-state index in [0.717, 1.165) is 31.4 Å². The van der Waals surface area contributed by atoms with Crippen molar-refractivity contribution in [1.29, 1.82) is 0 Å². The Kier molecular flexibility index (Phi) is 8.98. The SMILES string of the molecule is CCCCCCOC(Cc1ccc(O)c(OC)c1)CC(C)C. The van der Waals surface area contributed by atoms with Gasteiger partial charge in [-0.3, -0.25) is 0 Å². The van der Waals surface area contributed by atoms with Gasteiger partial charge in [-0.2, -0.15) is 0 Å². The third-order valence-corrected chi connectivity index (χ3v) is 3.79. The zero-order chi connectivity index (χ0) is 16.4. The van der Waals surface area contributed by atoms with Crippen molar-refractivity contribution < 1.29 is 14.6 Å². The Morgan fingerprint density at radius 1 is 1.14 bits per heavy atom. The fourth-order valence-electron chi connectivity index (χ4n) is 2.63. The largest absolute Gasteiger partial charge is 0.504 e. The molecule has 1 aromatic rings. The molecule has 1 N–H and O–H groups in total. The fourth-order valence-corrected chi connectivity index (χ4v) is 2.63. The maximum absolute atomic E-state index is 9.68. The van der Waals surface area contributed by atoms with E-state index in [-0.39, 0.29) is 11.9 Å². The Balaban J connectivity index is 2.56. The third-order valence-electron chi connectivity index (χ3n) is 3.79. The minimum Gasteiger partial charge on any atom is -0.504 e. The van der Waals surface area contributed by atoms with E-state index in [1.165, 1.54) is 19.3 Å². The van der Waals surface area contributed by atoms with Crippen LogP contribution in [0.3, 0.4) is 0 Å². The molecule has 0 fully saturated rings. The van der Waals surface area contributed by atoms with Crippen LogP contribution in [0.15, 0.2) is 18.2 Å². The van der Waals surface area contributed by atoms with Gasteiger partial charge >= 0.3 is 0 Å². The first-order valence-electron chi connectivity index (χ1n) is 8.54. The first-order chi connectivity index (χ1) is 10.6. The zero-order valence-electron chi connectivity index (χ0n) is 14.6. The monoisotopic (exact) mass is 308 g/mol. The van der Waals surface area contributed by atoms with Crippen molar-refractivity contribution in [2.24, 2.45) is 5.92 Å². The molecule has 126 valence electrons. The van der Waals surface area contributed by atoms with E-state index in [4.69, 9.17) is 9.47 Å². The van der Waals surface area contributed by atoms with Crippen molar-refractivity contribution in [3.8, 4) is 11.5 Å². The fraction of sp³-hybridized carbons (Fsp3) is 0.684. The summed E-state index contributed by atoms with van der Waals surface area (Å²) in [5.74, 6) is 1.33. The summed E-state index contributed by atoms with van der Waals surface area (Å²) in [6.45, 7) is 7.52. The molecule has 22 heavy (non-hydrogen) atoms.